The van der Waals surface area contributed by atoms with Gasteiger partial charge >= 0.3 is 6.09 Å². The van der Waals surface area contributed by atoms with E-state index in [9.17, 15) is 4.79 Å². The minimum atomic E-state index is -0.464. The molecule has 34 heavy (non-hydrogen) atoms. The topological polar surface area (TPSA) is 85.4 Å². The van der Waals surface area contributed by atoms with Crippen LogP contribution in [0.25, 0.3) is 11.3 Å². The maximum absolute atomic E-state index is 12.0. The van der Waals surface area contributed by atoms with Crippen LogP contribution in [0.3, 0.4) is 0 Å². The van der Waals surface area contributed by atoms with Crippen molar-refractivity contribution in [3.8, 4) is 11.3 Å². The summed E-state index contributed by atoms with van der Waals surface area (Å²) in [6.45, 7) is 9.56. The molecule has 0 aliphatic heterocycles. The number of rotatable bonds is 10. The van der Waals surface area contributed by atoms with Crippen molar-refractivity contribution in [3.63, 3.8) is 0 Å². The minimum absolute atomic E-state index is 0.198. The summed E-state index contributed by atoms with van der Waals surface area (Å²) in [5.41, 5.74) is 2.75. The summed E-state index contributed by atoms with van der Waals surface area (Å²) < 4.78 is 10.5. The second-order valence-electron chi connectivity index (χ2n) is 10.4. The molecule has 1 aliphatic rings. The van der Waals surface area contributed by atoms with Crippen LogP contribution in [-0.4, -0.2) is 48.0 Å². The molecule has 1 amide bonds. The van der Waals surface area contributed by atoms with Gasteiger partial charge in [0.15, 0.2) is 5.13 Å². The number of nitrogens with one attached hydrogen (secondary N) is 2. The number of aromatic nitrogens is 2. The fourth-order valence-corrected chi connectivity index (χ4v) is 4.93. The average Bonchev–Trinajstić information content (AvgIpc) is 3.26. The number of carbonyl (C=O) groups excluding carboxylic acids is 1. The summed E-state index contributed by atoms with van der Waals surface area (Å²) in [6.07, 6.45) is 7.69. The zero-order valence-electron chi connectivity index (χ0n) is 21.2. The van der Waals surface area contributed by atoms with Gasteiger partial charge in [-0.15, -0.1) is 11.3 Å². The predicted octanol–water partition coefficient (Wildman–Crippen LogP) is 5.92. The molecule has 0 radical (unpaired) electrons. The van der Waals surface area contributed by atoms with Crippen LogP contribution in [0.1, 0.15) is 65.5 Å². The Bertz CT molecular complexity index is 903. The maximum atomic E-state index is 12.0. The highest BCUT2D eigenvalue weighted by atomic mass is 32.1. The van der Waals surface area contributed by atoms with E-state index < -0.39 is 5.60 Å². The number of carbonyl (C=O) groups is 1. The lowest BCUT2D eigenvalue weighted by Crippen LogP contribution is -2.41. The summed E-state index contributed by atoms with van der Waals surface area (Å²) in [4.78, 5) is 21.4. The lowest BCUT2D eigenvalue weighted by molar-refractivity contribution is 0.0487. The van der Waals surface area contributed by atoms with E-state index in [4.69, 9.17) is 14.5 Å². The summed E-state index contributed by atoms with van der Waals surface area (Å²) in [6, 6.07) is 4.40. The first-order valence-corrected chi connectivity index (χ1v) is 13.2. The average molecular weight is 489 g/mol. The van der Waals surface area contributed by atoms with Crippen LogP contribution in [0.15, 0.2) is 23.7 Å². The molecule has 0 bridgehead atoms. The first-order valence-electron chi connectivity index (χ1n) is 12.3. The van der Waals surface area contributed by atoms with Crippen LogP contribution in [-0.2, 0) is 15.9 Å². The molecule has 3 rings (SSSR count). The third-order valence-corrected chi connectivity index (χ3v) is 6.90. The Hall–Kier alpha value is -2.19. The van der Waals surface area contributed by atoms with Crippen molar-refractivity contribution in [3.05, 3.63) is 29.4 Å². The molecular formula is C26H40N4O3S. The second-order valence-corrected chi connectivity index (χ2v) is 11.3. The van der Waals surface area contributed by atoms with Crippen molar-refractivity contribution in [1.82, 2.24) is 15.3 Å². The number of ether oxygens (including phenoxy) is 2. The van der Waals surface area contributed by atoms with Crippen molar-refractivity contribution in [1.29, 1.82) is 0 Å². The number of hydrogen-bond donors (Lipinski definition) is 2. The molecule has 2 aromatic rings. The number of anilines is 1. The van der Waals surface area contributed by atoms with Gasteiger partial charge in [-0.25, -0.2) is 9.78 Å². The Labute approximate surface area is 208 Å². The van der Waals surface area contributed by atoms with Gasteiger partial charge in [0.2, 0.25) is 0 Å². The molecular weight excluding hydrogens is 448 g/mol. The van der Waals surface area contributed by atoms with Crippen LogP contribution < -0.4 is 10.6 Å². The van der Waals surface area contributed by atoms with E-state index in [1.165, 1.54) is 0 Å². The van der Waals surface area contributed by atoms with Crippen LogP contribution >= 0.6 is 11.3 Å². The van der Waals surface area contributed by atoms with Gasteiger partial charge in [0.1, 0.15) is 5.60 Å². The fraction of sp³-hybridized carbons (Fsp3) is 0.654. The number of hydrogen-bond acceptors (Lipinski definition) is 7. The molecule has 2 heterocycles. The lowest BCUT2D eigenvalue weighted by Gasteiger charge is -2.30. The van der Waals surface area contributed by atoms with E-state index in [0.717, 1.165) is 73.8 Å². The highest BCUT2D eigenvalue weighted by molar-refractivity contribution is 7.14. The van der Waals surface area contributed by atoms with Crippen molar-refractivity contribution in [2.45, 2.75) is 77.9 Å². The molecule has 0 saturated heterocycles. The summed E-state index contributed by atoms with van der Waals surface area (Å²) in [5.74, 6) is 1.12. The van der Waals surface area contributed by atoms with Crippen LogP contribution in [0.4, 0.5) is 9.93 Å². The maximum Gasteiger partial charge on any atom is 0.407 e. The fourth-order valence-electron chi connectivity index (χ4n) is 4.20. The number of amides is 1. The van der Waals surface area contributed by atoms with Crippen molar-refractivity contribution < 1.29 is 14.3 Å². The standard InChI is InChI=1S/C26H40N4O3S/c1-18(11-13-32-5)16-28-24-30-23(17-34-24)20-10-12-27-22(15-20)14-19-6-8-21(9-7-19)29-25(31)33-26(2,3)4/h10,12,15,17-19,21H,6-9,11,13-14,16H2,1-5H3,(H,28,30)(H,29,31). The van der Waals surface area contributed by atoms with E-state index in [2.05, 4.69) is 34.0 Å². The highest BCUT2D eigenvalue weighted by Crippen LogP contribution is 2.29. The Morgan fingerprint density at radius 3 is 2.74 bits per heavy atom. The van der Waals surface area contributed by atoms with E-state index in [1.807, 2.05) is 33.0 Å². The number of alkyl carbamates (subject to hydrolysis) is 1. The molecule has 2 N–H and O–H groups in total. The summed E-state index contributed by atoms with van der Waals surface area (Å²) in [7, 11) is 1.74. The zero-order valence-corrected chi connectivity index (χ0v) is 22.0. The van der Waals surface area contributed by atoms with Gasteiger partial charge in [0, 0.05) is 49.1 Å². The van der Waals surface area contributed by atoms with Crippen LogP contribution in [0.2, 0.25) is 0 Å². The molecule has 2 aromatic heterocycles. The van der Waals surface area contributed by atoms with Gasteiger partial charge in [0.25, 0.3) is 0 Å². The molecule has 7 nitrogen and oxygen atoms in total. The number of thiazole rings is 1. The molecule has 1 aliphatic carbocycles. The van der Waals surface area contributed by atoms with Gasteiger partial charge < -0.3 is 20.1 Å². The smallest absolute Gasteiger partial charge is 0.407 e. The van der Waals surface area contributed by atoms with Crippen LogP contribution in [0.5, 0.6) is 0 Å². The number of pyridine rings is 1. The molecule has 188 valence electrons. The molecule has 0 aromatic carbocycles. The largest absolute Gasteiger partial charge is 0.444 e. The second kappa shape index (κ2) is 12.5. The molecule has 1 atom stereocenters. The molecule has 1 saturated carbocycles. The highest BCUT2D eigenvalue weighted by Gasteiger charge is 2.25. The number of methoxy groups -OCH3 is 1. The van der Waals surface area contributed by atoms with Crippen molar-refractivity contribution >= 4 is 22.6 Å². The first kappa shape index (κ1) is 26.4. The Balaban J connectivity index is 1.47. The van der Waals surface area contributed by atoms with Crippen LogP contribution in [0, 0.1) is 11.8 Å². The Morgan fingerprint density at radius 1 is 1.26 bits per heavy atom. The molecule has 1 fully saturated rings. The van der Waals surface area contributed by atoms with Gasteiger partial charge in [-0.1, -0.05) is 6.92 Å². The molecule has 0 spiro atoms. The third kappa shape index (κ3) is 8.87. The van der Waals surface area contributed by atoms with Gasteiger partial charge in [-0.2, -0.15) is 0 Å². The van der Waals surface area contributed by atoms with Gasteiger partial charge in [0.05, 0.1) is 5.69 Å². The zero-order chi connectivity index (χ0) is 24.6. The summed E-state index contributed by atoms with van der Waals surface area (Å²) in [5, 5.41) is 9.53. The first-order chi connectivity index (χ1) is 16.2. The third-order valence-electron chi connectivity index (χ3n) is 6.10. The van der Waals surface area contributed by atoms with E-state index in [1.54, 1.807) is 18.4 Å². The number of nitrogens with zero attached hydrogens (tertiary/aromatic N) is 2. The van der Waals surface area contributed by atoms with Gasteiger partial charge in [-0.05, 0) is 83.3 Å². The minimum Gasteiger partial charge on any atom is -0.444 e. The Morgan fingerprint density at radius 2 is 2.03 bits per heavy atom. The monoisotopic (exact) mass is 488 g/mol. The molecule has 1 unspecified atom stereocenters. The predicted molar refractivity (Wildman–Crippen MR) is 138 cm³/mol. The van der Waals surface area contributed by atoms with Crippen molar-refractivity contribution in [2.75, 3.05) is 25.6 Å². The molecule has 8 heteroatoms. The Kier molecular flexibility index (Phi) is 9.71. The summed E-state index contributed by atoms with van der Waals surface area (Å²) >= 11 is 1.64. The SMILES string of the molecule is COCCC(C)CNc1nc(-c2ccnc(CC3CCC(NC(=O)OC(C)(C)C)CC3)c2)cs1. The van der Waals surface area contributed by atoms with E-state index in [0.29, 0.717) is 11.8 Å². The van der Waals surface area contributed by atoms with E-state index >= 15 is 0 Å². The normalized spacial score (nSPS) is 19.4. The lowest BCUT2D eigenvalue weighted by atomic mass is 9.83. The van der Waals surface area contributed by atoms with Crippen molar-refractivity contribution in [2.24, 2.45) is 11.8 Å². The van der Waals surface area contributed by atoms with Gasteiger partial charge in [-0.3, -0.25) is 4.98 Å². The quantitative estimate of drug-likeness (QED) is 0.432. The van der Waals surface area contributed by atoms with E-state index in [-0.39, 0.29) is 12.1 Å².